The van der Waals surface area contributed by atoms with Gasteiger partial charge >= 0.3 is 5.97 Å². The van der Waals surface area contributed by atoms with Crippen molar-refractivity contribution in [2.24, 2.45) is 0 Å². The van der Waals surface area contributed by atoms with Crippen molar-refractivity contribution in [3.63, 3.8) is 0 Å². The number of benzene rings is 1. The van der Waals surface area contributed by atoms with Crippen LogP contribution in [-0.4, -0.2) is 39.8 Å². The number of anilines is 1. The Balaban J connectivity index is 1.77. The Hall–Kier alpha value is -2.87. The van der Waals surface area contributed by atoms with Gasteiger partial charge in [0.05, 0.1) is 22.2 Å². The molecule has 3 rings (SSSR count). The first-order valence-corrected chi connectivity index (χ1v) is 10.0. The summed E-state index contributed by atoms with van der Waals surface area (Å²) in [5.41, 5.74) is 2.68. The number of fused-ring (bicyclic) bond motifs is 1. The number of aryl methyl sites for hydroxylation is 1. The highest BCUT2D eigenvalue weighted by Crippen LogP contribution is 2.36. The van der Waals surface area contributed by atoms with Gasteiger partial charge in [-0.15, -0.1) is 11.8 Å². The molecule has 152 valence electrons. The number of carbonyl (C=O) groups excluding carboxylic acids is 4. The fourth-order valence-corrected chi connectivity index (χ4v) is 4.28. The Kier molecular flexibility index (Phi) is 5.66. The van der Waals surface area contributed by atoms with Crippen molar-refractivity contribution in [2.75, 3.05) is 5.32 Å². The molecule has 2 heterocycles. The minimum atomic E-state index is -1.04. The lowest BCUT2D eigenvalue weighted by Crippen LogP contribution is -2.27. The van der Waals surface area contributed by atoms with Gasteiger partial charge in [0.25, 0.3) is 0 Å². The van der Waals surface area contributed by atoms with Gasteiger partial charge in [0, 0.05) is 16.2 Å². The highest BCUT2D eigenvalue weighted by Gasteiger charge is 2.28. The molecular weight excluding hydrogens is 392 g/mol. The van der Waals surface area contributed by atoms with Crippen molar-refractivity contribution in [3.05, 3.63) is 46.3 Å². The molecule has 8 heteroatoms. The first-order chi connectivity index (χ1) is 13.6. The summed E-state index contributed by atoms with van der Waals surface area (Å²) in [6.45, 7) is 8.14. The number of hydrogen-bond donors (Lipinski definition) is 2. The SMILES string of the molecule is CC(=O)c1c(C)[nH]c(C(=O)[C@H](C)OC(=O)c2ccc3c(c2)NC(=O)[C@@H](C)S3)c1C. The van der Waals surface area contributed by atoms with E-state index in [0.29, 0.717) is 22.5 Å². The molecule has 29 heavy (non-hydrogen) atoms. The van der Waals surface area contributed by atoms with Crippen molar-refractivity contribution in [1.82, 2.24) is 4.98 Å². The number of carbonyl (C=O) groups is 4. The number of Topliss-reactive ketones (excluding diaryl/α,β-unsaturated/α-hetero) is 2. The molecule has 0 fully saturated rings. The highest BCUT2D eigenvalue weighted by atomic mass is 32.2. The van der Waals surface area contributed by atoms with Gasteiger partial charge in [0.15, 0.2) is 11.9 Å². The Labute approximate surface area is 172 Å². The minimum Gasteiger partial charge on any atom is -0.451 e. The number of aromatic amines is 1. The van der Waals surface area contributed by atoms with E-state index >= 15 is 0 Å². The van der Waals surface area contributed by atoms with Gasteiger partial charge in [-0.2, -0.15) is 0 Å². The first kappa shape index (κ1) is 20.9. The maximum absolute atomic E-state index is 12.8. The van der Waals surface area contributed by atoms with Gasteiger partial charge in [-0.3, -0.25) is 14.4 Å². The van der Waals surface area contributed by atoms with Gasteiger partial charge < -0.3 is 15.0 Å². The molecule has 2 aromatic rings. The summed E-state index contributed by atoms with van der Waals surface area (Å²) >= 11 is 1.41. The number of amides is 1. The Morgan fingerprint density at radius 2 is 1.90 bits per heavy atom. The molecule has 1 aromatic heterocycles. The normalized spacial score (nSPS) is 16.6. The maximum Gasteiger partial charge on any atom is 0.338 e. The van der Waals surface area contributed by atoms with Gasteiger partial charge in [-0.1, -0.05) is 0 Å². The molecule has 1 aliphatic rings. The van der Waals surface area contributed by atoms with Crippen LogP contribution in [0.3, 0.4) is 0 Å². The minimum absolute atomic E-state index is 0.129. The van der Waals surface area contributed by atoms with E-state index in [0.717, 1.165) is 4.90 Å². The zero-order chi connectivity index (χ0) is 21.5. The Morgan fingerprint density at radius 1 is 1.21 bits per heavy atom. The number of hydrogen-bond acceptors (Lipinski definition) is 6. The molecule has 1 aromatic carbocycles. The van der Waals surface area contributed by atoms with E-state index in [9.17, 15) is 19.2 Å². The number of nitrogens with one attached hydrogen (secondary N) is 2. The molecule has 0 aliphatic carbocycles. The van der Waals surface area contributed by atoms with Crippen LogP contribution >= 0.6 is 11.8 Å². The molecule has 2 atom stereocenters. The average Bonchev–Trinajstić information content (AvgIpc) is 2.95. The van der Waals surface area contributed by atoms with Gasteiger partial charge in [0.2, 0.25) is 11.7 Å². The monoisotopic (exact) mass is 414 g/mol. The van der Waals surface area contributed by atoms with Crippen molar-refractivity contribution in [3.8, 4) is 0 Å². The molecule has 0 radical (unpaired) electrons. The predicted molar refractivity (Wildman–Crippen MR) is 110 cm³/mol. The molecule has 1 aliphatic heterocycles. The molecule has 1 amide bonds. The van der Waals surface area contributed by atoms with E-state index in [-0.39, 0.29) is 28.2 Å². The number of ether oxygens (including phenoxy) is 1. The second-order valence-corrected chi connectivity index (χ2v) is 8.44. The van der Waals surface area contributed by atoms with Gasteiger partial charge in [-0.05, 0) is 58.4 Å². The number of aromatic nitrogens is 1. The number of ketones is 2. The van der Waals surface area contributed by atoms with E-state index in [1.807, 2.05) is 0 Å². The summed E-state index contributed by atoms with van der Waals surface area (Å²) in [7, 11) is 0. The fourth-order valence-electron chi connectivity index (χ4n) is 3.35. The summed E-state index contributed by atoms with van der Waals surface area (Å²) in [6, 6.07) is 4.90. The summed E-state index contributed by atoms with van der Waals surface area (Å²) in [5, 5.41) is 2.56. The molecule has 2 N–H and O–H groups in total. The van der Waals surface area contributed by atoms with Crippen LogP contribution in [0.25, 0.3) is 0 Å². The molecule has 0 spiro atoms. The molecule has 0 saturated heterocycles. The van der Waals surface area contributed by atoms with Crippen LogP contribution < -0.4 is 5.32 Å². The lowest BCUT2D eigenvalue weighted by molar-refractivity contribution is -0.115. The molecular formula is C21H22N2O5S. The molecule has 7 nitrogen and oxygen atoms in total. The zero-order valence-electron chi connectivity index (χ0n) is 16.8. The van der Waals surface area contributed by atoms with E-state index in [1.54, 1.807) is 39.0 Å². The second kappa shape index (κ2) is 7.87. The third kappa shape index (κ3) is 3.98. The summed E-state index contributed by atoms with van der Waals surface area (Å²) in [4.78, 5) is 52.7. The third-order valence-corrected chi connectivity index (χ3v) is 6.01. The molecule has 0 saturated carbocycles. The predicted octanol–water partition coefficient (Wildman–Crippen LogP) is 3.70. The van der Waals surface area contributed by atoms with E-state index in [2.05, 4.69) is 10.3 Å². The molecule has 0 bridgehead atoms. The average molecular weight is 414 g/mol. The summed E-state index contributed by atoms with van der Waals surface area (Å²) in [5.74, 6) is -1.35. The largest absolute Gasteiger partial charge is 0.451 e. The van der Waals surface area contributed by atoms with Crippen LogP contribution in [0.5, 0.6) is 0 Å². The standard InChI is InChI=1S/C21H22N2O5S/c1-9-17(11(3)24)10(2)22-18(9)19(25)12(4)28-21(27)14-6-7-16-15(8-14)23-20(26)13(5)29-16/h6-8,12-13,22H,1-5H3,(H,23,26)/t12-,13+/m0/s1. The summed E-state index contributed by atoms with van der Waals surface area (Å²) in [6.07, 6.45) is -1.04. The Bertz CT molecular complexity index is 1040. The van der Waals surface area contributed by atoms with Crippen LogP contribution in [0.1, 0.15) is 63.2 Å². The second-order valence-electron chi connectivity index (χ2n) is 7.05. The van der Waals surface area contributed by atoms with Crippen LogP contribution in [0, 0.1) is 13.8 Å². The van der Waals surface area contributed by atoms with Crippen LogP contribution in [0.4, 0.5) is 5.69 Å². The van der Waals surface area contributed by atoms with Crippen molar-refractivity contribution >= 4 is 40.9 Å². The third-order valence-electron chi connectivity index (χ3n) is 4.84. The van der Waals surface area contributed by atoms with E-state index in [4.69, 9.17) is 4.74 Å². The zero-order valence-corrected chi connectivity index (χ0v) is 17.7. The number of thioether (sulfide) groups is 1. The van der Waals surface area contributed by atoms with Crippen LogP contribution in [0.15, 0.2) is 23.1 Å². The first-order valence-electron chi connectivity index (χ1n) is 9.17. The Morgan fingerprint density at radius 3 is 2.52 bits per heavy atom. The van der Waals surface area contributed by atoms with Crippen molar-refractivity contribution in [1.29, 1.82) is 0 Å². The van der Waals surface area contributed by atoms with Crippen molar-refractivity contribution < 1.29 is 23.9 Å². The summed E-state index contributed by atoms with van der Waals surface area (Å²) < 4.78 is 5.34. The van der Waals surface area contributed by atoms with Crippen molar-refractivity contribution in [2.45, 2.75) is 50.9 Å². The quantitative estimate of drug-likeness (QED) is 0.571. The molecule has 0 unspecified atom stereocenters. The number of esters is 1. The lowest BCUT2D eigenvalue weighted by Gasteiger charge is -2.21. The van der Waals surface area contributed by atoms with Gasteiger partial charge in [0.1, 0.15) is 0 Å². The van der Waals surface area contributed by atoms with E-state index in [1.165, 1.54) is 25.6 Å². The van der Waals surface area contributed by atoms with Crippen LogP contribution in [0.2, 0.25) is 0 Å². The fraction of sp³-hybridized carbons (Fsp3) is 0.333. The maximum atomic E-state index is 12.8. The number of H-pyrrole nitrogens is 1. The van der Waals surface area contributed by atoms with Gasteiger partial charge in [-0.25, -0.2) is 4.79 Å². The van der Waals surface area contributed by atoms with E-state index < -0.39 is 17.9 Å². The topological polar surface area (TPSA) is 105 Å². The smallest absolute Gasteiger partial charge is 0.338 e. The number of rotatable bonds is 5. The van der Waals surface area contributed by atoms with Crippen LogP contribution in [-0.2, 0) is 9.53 Å². The lowest BCUT2D eigenvalue weighted by atomic mass is 10.0. The highest BCUT2D eigenvalue weighted by molar-refractivity contribution is 8.00.